The molecule has 3 N–H and O–H groups in total. The van der Waals surface area contributed by atoms with Gasteiger partial charge in [-0.25, -0.2) is 0 Å². The lowest BCUT2D eigenvalue weighted by atomic mass is 9.95. The van der Waals surface area contributed by atoms with Crippen molar-refractivity contribution in [2.45, 2.75) is 25.7 Å². The van der Waals surface area contributed by atoms with Crippen LogP contribution in [0, 0.1) is 0 Å². The molecule has 5 nitrogen and oxygen atoms in total. The van der Waals surface area contributed by atoms with Gasteiger partial charge in [0, 0.05) is 18.3 Å². The molecule has 0 saturated heterocycles. The van der Waals surface area contributed by atoms with Gasteiger partial charge < -0.3 is 5.73 Å². The number of rotatable bonds is 1. The molecule has 1 aliphatic rings. The number of anilines is 1. The van der Waals surface area contributed by atoms with E-state index in [-0.39, 0.29) is 0 Å². The molecule has 0 aliphatic heterocycles. The van der Waals surface area contributed by atoms with Gasteiger partial charge in [0.25, 0.3) is 0 Å². The molecule has 0 amide bonds. The molecule has 0 bridgehead atoms. The molecule has 0 saturated carbocycles. The van der Waals surface area contributed by atoms with Gasteiger partial charge in [0.15, 0.2) is 0 Å². The summed E-state index contributed by atoms with van der Waals surface area (Å²) in [5.41, 5.74) is 11.1. The Hall–Kier alpha value is -1.78. The smallest absolute Gasteiger partial charge is 0.116 e. The molecule has 5 heteroatoms. The van der Waals surface area contributed by atoms with Crippen molar-refractivity contribution in [1.29, 1.82) is 0 Å². The molecule has 0 fully saturated rings. The number of nitrogens with zero attached hydrogens (tertiary/aromatic N) is 3. The standard InChI is InChI=1S/C11H15N5/c1-16-11(8(12)6-13-16)10-7-4-2-3-5-9(7)14-15-10/h6H,2-5,12H2,1H3,(H,14,15). The van der Waals surface area contributed by atoms with Gasteiger partial charge >= 0.3 is 0 Å². The Kier molecular flexibility index (Phi) is 1.99. The largest absolute Gasteiger partial charge is 0.396 e. The van der Waals surface area contributed by atoms with Gasteiger partial charge in [0.05, 0.1) is 11.9 Å². The summed E-state index contributed by atoms with van der Waals surface area (Å²) < 4.78 is 1.79. The van der Waals surface area contributed by atoms with Crippen LogP contribution < -0.4 is 5.73 Å². The SMILES string of the molecule is Cn1ncc(N)c1-c1n[nH]c2c1CCCC2. The molecule has 0 atom stereocenters. The first-order valence-corrected chi connectivity index (χ1v) is 5.61. The number of H-pyrrole nitrogens is 1. The van der Waals surface area contributed by atoms with E-state index in [0.717, 1.165) is 24.2 Å². The van der Waals surface area contributed by atoms with Crippen molar-refractivity contribution in [2.24, 2.45) is 7.05 Å². The van der Waals surface area contributed by atoms with Crippen molar-refractivity contribution in [2.75, 3.05) is 5.73 Å². The summed E-state index contributed by atoms with van der Waals surface area (Å²) in [6.45, 7) is 0. The van der Waals surface area contributed by atoms with Crippen LogP contribution in [0.3, 0.4) is 0 Å². The third-order valence-corrected chi connectivity index (χ3v) is 3.25. The molecular weight excluding hydrogens is 202 g/mol. The van der Waals surface area contributed by atoms with Crippen molar-refractivity contribution in [1.82, 2.24) is 20.0 Å². The second-order valence-electron chi connectivity index (χ2n) is 4.31. The Morgan fingerprint density at radius 3 is 2.94 bits per heavy atom. The fraction of sp³-hybridized carbons (Fsp3) is 0.455. The first kappa shape index (κ1) is 9.45. The molecule has 2 aromatic heterocycles. The van der Waals surface area contributed by atoms with Crippen molar-refractivity contribution >= 4 is 5.69 Å². The first-order valence-electron chi connectivity index (χ1n) is 5.61. The molecule has 16 heavy (non-hydrogen) atoms. The highest BCUT2D eigenvalue weighted by Gasteiger charge is 2.21. The van der Waals surface area contributed by atoms with Gasteiger partial charge in [-0.3, -0.25) is 9.78 Å². The van der Waals surface area contributed by atoms with E-state index in [9.17, 15) is 0 Å². The highest BCUT2D eigenvalue weighted by atomic mass is 15.3. The van der Waals surface area contributed by atoms with Crippen LogP contribution in [0.2, 0.25) is 0 Å². The first-order chi connectivity index (χ1) is 7.77. The van der Waals surface area contributed by atoms with Crippen LogP contribution >= 0.6 is 0 Å². The average molecular weight is 217 g/mol. The lowest BCUT2D eigenvalue weighted by molar-refractivity contribution is 0.674. The van der Waals surface area contributed by atoms with Gasteiger partial charge in [-0.15, -0.1) is 0 Å². The Morgan fingerprint density at radius 1 is 1.38 bits per heavy atom. The third-order valence-electron chi connectivity index (χ3n) is 3.25. The average Bonchev–Trinajstić information content (AvgIpc) is 2.83. The molecule has 2 aromatic rings. The Bertz CT molecular complexity index is 503. The Balaban J connectivity index is 2.17. The summed E-state index contributed by atoms with van der Waals surface area (Å²) in [4.78, 5) is 0. The van der Waals surface area contributed by atoms with E-state index in [0.29, 0.717) is 5.69 Å². The fourth-order valence-corrected chi connectivity index (χ4v) is 2.42. The fourth-order valence-electron chi connectivity index (χ4n) is 2.42. The number of nitrogen functional groups attached to an aromatic ring is 1. The van der Waals surface area contributed by atoms with Crippen LogP contribution in [0.15, 0.2) is 6.20 Å². The van der Waals surface area contributed by atoms with Crippen LogP contribution in [0.4, 0.5) is 5.69 Å². The third kappa shape index (κ3) is 1.24. The summed E-state index contributed by atoms with van der Waals surface area (Å²) in [5, 5.41) is 11.7. The summed E-state index contributed by atoms with van der Waals surface area (Å²) in [6.07, 6.45) is 6.35. The van der Waals surface area contributed by atoms with Crippen LogP contribution in [-0.4, -0.2) is 20.0 Å². The molecule has 0 spiro atoms. The summed E-state index contributed by atoms with van der Waals surface area (Å²) in [7, 11) is 1.90. The predicted octanol–water partition coefficient (Wildman–Crippen LogP) is 1.27. The normalized spacial score (nSPS) is 15.1. The zero-order chi connectivity index (χ0) is 11.1. The van der Waals surface area contributed by atoms with Gasteiger partial charge in [0.2, 0.25) is 0 Å². The molecule has 0 radical (unpaired) electrons. The van der Waals surface area contributed by atoms with Gasteiger partial charge in [-0.05, 0) is 25.7 Å². The van der Waals surface area contributed by atoms with E-state index in [4.69, 9.17) is 5.73 Å². The number of nitrogens with two attached hydrogens (primary N) is 1. The maximum Gasteiger partial charge on any atom is 0.116 e. The van der Waals surface area contributed by atoms with E-state index in [1.165, 1.54) is 24.1 Å². The lowest BCUT2D eigenvalue weighted by Gasteiger charge is -2.11. The number of hydrogen-bond acceptors (Lipinski definition) is 3. The Morgan fingerprint density at radius 2 is 2.19 bits per heavy atom. The summed E-state index contributed by atoms with van der Waals surface area (Å²) in [5.74, 6) is 0. The Labute approximate surface area is 93.7 Å². The van der Waals surface area contributed by atoms with Gasteiger partial charge in [0.1, 0.15) is 11.4 Å². The highest BCUT2D eigenvalue weighted by Crippen LogP contribution is 2.31. The molecule has 1 aliphatic carbocycles. The monoisotopic (exact) mass is 217 g/mol. The maximum atomic E-state index is 5.93. The minimum Gasteiger partial charge on any atom is -0.396 e. The van der Waals surface area contributed by atoms with Crippen LogP contribution in [0.1, 0.15) is 24.1 Å². The number of nitrogens with one attached hydrogen (secondary N) is 1. The van der Waals surface area contributed by atoms with Crippen LogP contribution in [0.25, 0.3) is 11.4 Å². The number of aromatic amines is 1. The molecule has 3 rings (SSSR count). The number of aromatic nitrogens is 4. The van der Waals surface area contributed by atoms with Crippen molar-refractivity contribution < 1.29 is 0 Å². The summed E-state index contributed by atoms with van der Waals surface area (Å²) in [6, 6.07) is 0. The van der Waals surface area contributed by atoms with E-state index >= 15 is 0 Å². The minimum atomic E-state index is 0.697. The molecule has 0 aromatic carbocycles. The maximum absolute atomic E-state index is 5.93. The lowest BCUT2D eigenvalue weighted by Crippen LogP contribution is -2.03. The molecule has 84 valence electrons. The van der Waals surface area contributed by atoms with Gasteiger partial charge in [-0.1, -0.05) is 0 Å². The molecule has 2 heterocycles. The zero-order valence-electron chi connectivity index (χ0n) is 9.32. The van der Waals surface area contributed by atoms with Crippen molar-refractivity contribution in [3.8, 4) is 11.4 Å². The topological polar surface area (TPSA) is 72.5 Å². The number of hydrogen-bond donors (Lipinski definition) is 2. The van der Waals surface area contributed by atoms with Crippen LogP contribution in [0.5, 0.6) is 0 Å². The quantitative estimate of drug-likeness (QED) is 0.755. The molecular formula is C11H15N5. The second-order valence-corrected chi connectivity index (χ2v) is 4.31. The molecule has 0 unspecified atom stereocenters. The number of fused-ring (bicyclic) bond motifs is 1. The zero-order valence-corrected chi connectivity index (χ0v) is 9.32. The minimum absolute atomic E-state index is 0.697. The number of aryl methyl sites for hydroxylation is 2. The van der Waals surface area contributed by atoms with Crippen molar-refractivity contribution in [3.05, 3.63) is 17.5 Å². The van der Waals surface area contributed by atoms with E-state index in [1.54, 1.807) is 10.9 Å². The van der Waals surface area contributed by atoms with E-state index in [1.807, 2.05) is 7.05 Å². The van der Waals surface area contributed by atoms with E-state index in [2.05, 4.69) is 15.3 Å². The second kappa shape index (κ2) is 3.37. The highest BCUT2D eigenvalue weighted by molar-refractivity contribution is 5.72. The predicted molar refractivity (Wildman–Crippen MR) is 61.8 cm³/mol. The van der Waals surface area contributed by atoms with E-state index < -0.39 is 0 Å². The summed E-state index contributed by atoms with van der Waals surface area (Å²) >= 11 is 0. The van der Waals surface area contributed by atoms with Gasteiger partial charge in [-0.2, -0.15) is 10.2 Å². The van der Waals surface area contributed by atoms with Crippen molar-refractivity contribution in [3.63, 3.8) is 0 Å². The van der Waals surface area contributed by atoms with Crippen LogP contribution in [-0.2, 0) is 19.9 Å².